The topological polar surface area (TPSA) is 166 Å². The van der Waals surface area contributed by atoms with E-state index in [-0.39, 0.29) is 23.3 Å². The fourth-order valence-electron chi connectivity index (χ4n) is 6.51. The first-order valence-corrected chi connectivity index (χ1v) is 13.7. The van der Waals surface area contributed by atoms with Gasteiger partial charge in [-0.15, -0.1) is 0 Å². The number of rotatable bonds is 3. The van der Waals surface area contributed by atoms with E-state index in [0.717, 1.165) is 0 Å². The zero-order chi connectivity index (χ0) is 29.6. The Labute approximate surface area is 246 Å². The lowest BCUT2D eigenvalue weighted by Crippen LogP contribution is -2.62. The number of benzene rings is 2. The highest BCUT2D eigenvalue weighted by Gasteiger charge is 2.70. The van der Waals surface area contributed by atoms with Crippen LogP contribution in [-0.4, -0.2) is 43.0 Å². The molecule has 5 aromatic heterocycles. The minimum atomic E-state index is -1.79. The molecule has 7 aromatic rings. The zero-order valence-electron chi connectivity index (χ0n) is 22.7. The van der Waals surface area contributed by atoms with Gasteiger partial charge in [-0.1, -0.05) is 42.5 Å². The first kappa shape index (κ1) is 24.2. The molecule has 2 aliphatic heterocycles. The third-order valence-corrected chi connectivity index (χ3v) is 8.22. The molecule has 14 nitrogen and oxygen atoms in total. The van der Waals surface area contributed by atoms with E-state index in [4.69, 9.17) is 15.4 Å². The van der Waals surface area contributed by atoms with Gasteiger partial charge in [0.25, 0.3) is 0 Å². The third-order valence-electron chi connectivity index (χ3n) is 8.22. The predicted octanol–water partition coefficient (Wildman–Crippen LogP) is 1.61. The lowest BCUT2D eigenvalue weighted by molar-refractivity contribution is 0.212. The number of nitrogens with one attached hydrogen (secondary N) is 3. The van der Waals surface area contributed by atoms with Gasteiger partial charge in [0.1, 0.15) is 0 Å². The van der Waals surface area contributed by atoms with E-state index in [2.05, 4.69) is 25.6 Å². The van der Waals surface area contributed by atoms with Crippen LogP contribution in [0.2, 0.25) is 0 Å². The molecule has 0 fully saturated rings. The summed E-state index contributed by atoms with van der Waals surface area (Å²) in [5.74, 6) is 0.373. The Kier molecular flexibility index (Phi) is 4.57. The summed E-state index contributed by atoms with van der Waals surface area (Å²) in [4.78, 5) is 53.1. The predicted molar refractivity (Wildman–Crippen MR) is 158 cm³/mol. The number of anilines is 2. The van der Waals surface area contributed by atoms with Gasteiger partial charge in [-0.05, 0) is 48.5 Å². The number of para-hydroxylation sites is 3. The summed E-state index contributed by atoms with van der Waals surface area (Å²) in [5, 5.41) is 15.5. The van der Waals surface area contributed by atoms with E-state index in [0.29, 0.717) is 28.1 Å². The molecule has 0 spiro atoms. The van der Waals surface area contributed by atoms with Gasteiger partial charge in [0.05, 0.1) is 28.1 Å². The van der Waals surface area contributed by atoms with Crippen molar-refractivity contribution in [3.63, 3.8) is 0 Å². The van der Waals surface area contributed by atoms with E-state index < -0.39 is 22.7 Å². The lowest BCUT2D eigenvalue weighted by Gasteiger charge is -2.38. The van der Waals surface area contributed by atoms with Crippen molar-refractivity contribution in [3.05, 3.63) is 141 Å². The second-order valence-electron chi connectivity index (χ2n) is 10.4. The van der Waals surface area contributed by atoms with Crippen LogP contribution < -0.4 is 27.6 Å². The number of nitrogens with zero attached hydrogens (tertiary/aromatic N) is 9. The Bertz CT molecular complexity index is 2470. The number of aromatic nitrogens is 9. The first-order chi connectivity index (χ1) is 21.5. The fraction of sp³-hybridized carbons (Fsp3) is 0.0667. The molecule has 2 aliphatic rings. The molecule has 0 saturated heterocycles. The largest absolute Gasteiger partial charge is 0.340 e. The number of hydrogen-bond donors (Lipinski definition) is 3. The van der Waals surface area contributed by atoms with Crippen LogP contribution in [0, 0.1) is 5.41 Å². The second kappa shape index (κ2) is 8.32. The third kappa shape index (κ3) is 2.78. The standard InChI is InChI=1S/C30H20N12O2/c31-23-35-25-37-29(21-14-6-8-16-32-21)30(22-15-7-9-17-33-22,41(25)27(43)39(23)18-10-2-1-3-11-18)42-26(38-29)36-24-34-19-12-4-5-13-20(19)40(24)28(42)44/h1-17H,(H2,31,35,37)(H,34,36,38)/t29-,30+/m1/s1. The van der Waals surface area contributed by atoms with Crippen LogP contribution >= 0.6 is 0 Å². The maximum Gasteiger partial charge on any atom is 0.340 e. The molecule has 2 aromatic carbocycles. The molecule has 0 bridgehead atoms. The van der Waals surface area contributed by atoms with Crippen molar-refractivity contribution in [2.24, 2.45) is 0 Å². The Morgan fingerprint density at radius 3 is 2.02 bits per heavy atom. The Hall–Kier alpha value is -6.44. The van der Waals surface area contributed by atoms with Crippen molar-refractivity contribution < 1.29 is 0 Å². The summed E-state index contributed by atoms with van der Waals surface area (Å²) in [5.41, 5.74) is -2.43. The minimum Gasteiger partial charge on any atom is -0.324 e. The van der Waals surface area contributed by atoms with Gasteiger partial charge >= 0.3 is 11.4 Å². The first-order valence-electron chi connectivity index (χ1n) is 13.7. The molecule has 14 heteroatoms. The zero-order valence-corrected chi connectivity index (χ0v) is 22.7. The molecule has 0 amide bonds. The van der Waals surface area contributed by atoms with Gasteiger partial charge in [-0.2, -0.15) is 9.97 Å². The number of pyridine rings is 2. The maximum absolute atomic E-state index is 14.9. The Morgan fingerprint density at radius 2 is 1.30 bits per heavy atom. The van der Waals surface area contributed by atoms with E-state index in [9.17, 15) is 9.59 Å². The van der Waals surface area contributed by atoms with Crippen LogP contribution in [0.5, 0.6) is 0 Å². The van der Waals surface area contributed by atoms with Gasteiger partial charge in [0.2, 0.25) is 34.6 Å². The molecule has 44 heavy (non-hydrogen) atoms. The van der Waals surface area contributed by atoms with Gasteiger partial charge < -0.3 is 10.6 Å². The van der Waals surface area contributed by atoms with Gasteiger partial charge in [0, 0.05) is 12.4 Å². The molecule has 0 saturated carbocycles. The smallest absolute Gasteiger partial charge is 0.324 e. The van der Waals surface area contributed by atoms with Crippen molar-refractivity contribution in [1.29, 1.82) is 5.41 Å². The summed E-state index contributed by atoms with van der Waals surface area (Å²) in [6, 6.07) is 26.7. The molecule has 3 N–H and O–H groups in total. The van der Waals surface area contributed by atoms with Crippen LogP contribution in [0.3, 0.4) is 0 Å². The highest BCUT2D eigenvalue weighted by atomic mass is 16.2. The molecular weight excluding hydrogens is 560 g/mol. The molecule has 7 heterocycles. The molecule has 0 aliphatic carbocycles. The Balaban J connectivity index is 1.52. The lowest BCUT2D eigenvalue weighted by atomic mass is 9.87. The molecule has 212 valence electrons. The summed E-state index contributed by atoms with van der Waals surface area (Å²) in [6.07, 6.45) is 3.21. The van der Waals surface area contributed by atoms with Gasteiger partial charge in [-0.3, -0.25) is 15.4 Å². The molecular formula is C30H20N12O2. The average molecular weight is 581 g/mol. The van der Waals surface area contributed by atoms with Crippen molar-refractivity contribution in [3.8, 4) is 5.69 Å². The van der Waals surface area contributed by atoms with Crippen molar-refractivity contribution in [2.45, 2.75) is 11.3 Å². The number of imidazole rings is 1. The number of fused-ring (bicyclic) bond motifs is 8. The van der Waals surface area contributed by atoms with Crippen molar-refractivity contribution >= 4 is 28.7 Å². The van der Waals surface area contributed by atoms with Crippen molar-refractivity contribution in [1.82, 2.24) is 43.0 Å². The Morgan fingerprint density at radius 1 is 0.659 bits per heavy atom. The summed E-state index contributed by atoms with van der Waals surface area (Å²) >= 11 is 0. The molecule has 0 unspecified atom stereocenters. The fourth-order valence-corrected chi connectivity index (χ4v) is 6.51. The second-order valence-corrected chi connectivity index (χ2v) is 10.4. The highest BCUT2D eigenvalue weighted by Crippen LogP contribution is 2.54. The molecule has 0 radical (unpaired) electrons. The minimum absolute atomic E-state index is 0.0455. The van der Waals surface area contributed by atoms with E-state index in [1.807, 2.05) is 24.3 Å². The van der Waals surface area contributed by atoms with Crippen LogP contribution in [0.25, 0.3) is 22.5 Å². The van der Waals surface area contributed by atoms with Gasteiger partial charge in [0.15, 0.2) is 0 Å². The molecule has 9 rings (SSSR count). The molecule has 2 atom stereocenters. The van der Waals surface area contributed by atoms with Crippen LogP contribution in [0.15, 0.2) is 113 Å². The summed E-state index contributed by atoms with van der Waals surface area (Å²) < 4.78 is 5.38. The van der Waals surface area contributed by atoms with Crippen LogP contribution in [0.4, 0.5) is 11.9 Å². The summed E-state index contributed by atoms with van der Waals surface area (Å²) in [6.45, 7) is 0. The highest BCUT2D eigenvalue weighted by molar-refractivity contribution is 5.79. The van der Waals surface area contributed by atoms with E-state index >= 15 is 0 Å². The summed E-state index contributed by atoms with van der Waals surface area (Å²) in [7, 11) is 0. The number of hydrogen-bond acceptors (Lipinski definition) is 10. The average Bonchev–Trinajstić information content (AvgIpc) is 3.66. The van der Waals surface area contributed by atoms with Crippen molar-refractivity contribution in [2.75, 3.05) is 10.6 Å². The SMILES string of the molecule is N=c1nc2n(c(=O)n1-c1ccccc1)[C@@]1(c3ccccn3)n3c(nc4nc5ccccc5n4c3=O)N[C@@]1(c1ccccn1)N2. The maximum atomic E-state index is 14.9. The normalized spacial score (nSPS) is 19.7. The quantitative estimate of drug-likeness (QED) is 0.282. The monoisotopic (exact) mass is 580 g/mol. The van der Waals surface area contributed by atoms with E-state index in [1.54, 1.807) is 79.1 Å². The van der Waals surface area contributed by atoms with Crippen LogP contribution in [0.1, 0.15) is 11.4 Å². The van der Waals surface area contributed by atoms with E-state index in [1.165, 1.54) is 18.1 Å². The van der Waals surface area contributed by atoms with Gasteiger partial charge in [-0.25, -0.2) is 32.7 Å². The van der Waals surface area contributed by atoms with Crippen LogP contribution in [-0.2, 0) is 11.3 Å².